The third kappa shape index (κ3) is 4.29. The molecule has 1 aromatic rings. The quantitative estimate of drug-likeness (QED) is 0.383. The molecule has 1 aliphatic rings. The van der Waals surface area contributed by atoms with Crippen molar-refractivity contribution in [3.8, 4) is 11.5 Å². The summed E-state index contributed by atoms with van der Waals surface area (Å²) in [6.07, 6.45) is 1.41. The minimum atomic E-state index is -0.722. The number of hydrogen-bond acceptors (Lipinski definition) is 7. The van der Waals surface area contributed by atoms with Crippen LogP contribution in [0.5, 0.6) is 11.5 Å². The summed E-state index contributed by atoms with van der Waals surface area (Å²) in [6, 6.07) is 3.95. The average Bonchev–Trinajstić information content (AvgIpc) is 2.87. The summed E-state index contributed by atoms with van der Waals surface area (Å²) in [4.78, 5) is 46.9. The number of nitrogens with one attached hydrogen (secondary N) is 1. The fraction of sp³-hybridized carbons (Fsp3) is 0.250. The Kier molecular flexibility index (Phi) is 5.78. The molecule has 1 aromatic carbocycles. The number of ether oxygens (including phenoxy) is 3. The number of primary amides is 1. The Morgan fingerprint density at radius 1 is 1.23 bits per heavy atom. The van der Waals surface area contributed by atoms with Gasteiger partial charge in [0.2, 0.25) is 0 Å². The van der Waals surface area contributed by atoms with E-state index in [1.165, 1.54) is 19.3 Å². The van der Waals surface area contributed by atoms with Gasteiger partial charge in [0.25, 0.3) is 11.8 Å². The number of carbonyl (C=O) groups is 4. The summed E-state index contributed by atoms with van der Waals surface area (Å²) in [5.41, 5.74) is 5.54. The van der Waals surface area contributed by atoms with E-state index in [9.17, 15) is 19.2 Å². The smallest absolute Gasteiger partial charge is 0.329 e. The largest absolute Gasteiger partial charge is 0.493 e. The van der Waals surface area contributed by atoms with Gasteiger partial charge in [-0.3, -0.25) is 14.4 Å². The summed E-state index contributed by atoms with van der Waals surface area (Å²) >= 11 is 0. The van der Waals surface area contributed by atoms with E-state index in [0.717, 1.165) is 12.0 Å². The molecule has 0 aromatic heterocycles. The van der Waals surface area contributed by atoms with Crippen LogP contribution in [0.15, 0.2) is 23.9 Å². The maximum Gasteiger partial charge on any atom is 0.329 e. The van der Waals surface area contributed by atoms with E-state index >= 15 is 0 Å². The summed E-state index contributed by atoms with van der Waals surface area (Å²) in [7, 11) is 2.57. The number of hydrogen-bond donors (Lipinski definition) is 2. The second-order valence-corrected chi connectivity index (χ2v) is 5.12. The van der Waals surface area contributed by atoms with E-state index in [1.54, 1.807) is 12.1 Å². The van der Waals surface area contributed by atoms with Crippen molar-refractivity contribution in [3.63, 3.8) is 0 Å². The molecule has 3 N–H and O–H groups in total. The summed E-state index contributed by atoms with van der Waals surface area (Å²) in [5, 5.41) is 2.38. The van der Waals surface area contributed by atoms with Gasteiger partial charge in [0.05, 0.1) is 14.2 Å². The molecule has 0 bridgehead atoms. The highest BCUT2D eigenvalue weighted by atomic mass is 16.5. The standard InChI is InChI=1S/C16H17N3O7/c1-24-12-6-9(3-4-11(12)26-8-13(17)20)5-10-15(22)19(16(23)18-10)7-14(21)25-2/h3-6H,7-8H2,1-2H3,(H2,17,20)(H,18,23)/b10-5+. The molecule has 0 unspecified atom stereocenters. The number of imide groups is 1. The van der Waals surface area contributed by atoms with Crippen LogP contribution in [0, 0.1) is 0 Å². The Morgan fingerprint density at radius 2 is 1.96 bits per heavy atom. The maximum absolute atomic E-state index is 12.2. The van der Waals surface area contributed by atoms with Gasteiger partial charge in [0.15, 0.2) is 18.1 Å². The van der Waals surface area contributed by atoms with Crippen molar-refractivity contribution in [2.75, 3.05) is 27.4 Å². The molecule has 0 radical (unpaired) electrons. The fourth-order valence-electron chi connectivity index (χ4n) is 2.12. The minimum absolute atomic E-state index is 0.00763. The molecule has 4 amide bonds. The van der Waals surface area contributed by atoms with Gasteiger partial charge in [-0.15, -0.1) is 0 Å². The predicted octanol–water partition coefficient (Wildman–Crippen LogP) is -0.375. The molecule has 1 fully saturated rings. The van der Waals surface area contributed by atoms with Crippen molar-refractivity contribution < 1.29 is 33.4 Å². The van der Waals surface area contributed by atoms with E-state index in [0.29, 0.717) is 17.1 Å². The van der Waals surface area contributed by atoms with E-state index in [2.05, 4.69) is 10.1 Å². The molecule has 1 saturated heterocycles. The molecular formula is C16H17N3O7. The van der Waals surface area contributed by atoms with Gasteiger partial charge in [0, 0.05) is 0 Å². The zero-order valence-electron chi connectivity index (χ0n) is 14.1. The van der Waals surface area contributed by atoms with Crippen LogP contribution in [-0.4, -0.2) is 56.1 Å². The Balaban J connectivity index is 2.21. The molecule has 0 spiro atoms. The number of esters is 1. The van der Waals surface area contributed by atoms with E-state index in [-0.39, 0.29) is 12.3 Å². The van der Waals surface area contributed by atoms with Crippen molar-refractivity contribution in [2.24, 2.45) is 5.73 Å². The number of methoxy groups -OCH3 is 2. The van der Waals surface area contributed by atoms with Gasteiger partial charge in [-0.1, -0.05) is 6.07 Å². The van der Waals surface area contributed by atoms with Crippen LogP contribution in [0.2, 0.25) is 0 Å². The van der Waals surface area contributed by atoms with Crippen LogP contribution >= 0.6 is 0 Å². The lowest BCUT2D eigenvalue weighted by Gasteiger charge is -2.10. The molecule has 0 atom stereocenters. The summed E-state index contributed by atoms with van der Waals surface area (Å²) < 4.78 is 14.8. The SMILES string of the molecule is COC(=O)CN1C(=O)N/C(=C/c2ccc(OCC(N)=O)c(OC)c2)C1=O. The zero-order chi connectivity index (χ0) is 19.3. The number of carbonyl (C=O) groups excluding carboxylic acids is 4. The Hall–Kier alpha value is -3.56. The summed E-state index contributed by atoms with van der Waals surface area (Å²) in [5.74, 6) is -1.41. The van der Waals surface area contributed by atoms with Gasteiger partial charge in [-0.2, -0.15) is 0 Å². The number of nitrogens with two attached hydrogens (primary N) is 1. The van der Waals surface area contributed by atoms with E-state index in [4.69, 9.17) is 15.2 Å². The first-order chi connectivity index (χ1) is 12.3. The first kappa shape index (κ1) is 18.8. The lowest BCUT2D eigenvalue weighted by Crippen LogP contribution is -2.36. The van der Waals surface area contributed by atoms with Gasteiger partial charge in [-0.05, 0) is 23.8 Å². The second-order valence-electron chi connectivity index (χ2n) is 5.12. The molecule has 0 saturated carbocycles. The molecule has 138 valence electrons. The molecule has 10 heteroatoms. The number of rotatable bonds is 7. The monoisotopic (exact) mass is 363 g/mol. The molecule has 2 rings (SSSR count). The highest BCUT2D eigenvalue weighted by Crippen LogP contribution is 2.29. The number of amides is 4. The minimum Gasteiger partial charge on any atom is -0.493 e. The first-order valence-corrected chi connectivity index (χ1v) is 7.36. The van der Waals surface area contributed by atoms with Gasteiger partial charge in [0.1, 0.15) is 12.2 Å². The Bertz CT molecular complexity index is 788. The Morgan fingerprint density at radius 3 is 2.58 bits per heavy atom. The van der Waals surface area contributed by atoms with Gasteiger partial charge in [-0.25, -0.2) is 9.69 Å². The van der Waals surface area contributed by atoms with Gasteiger partial charge < -0.3 is 25.3 Å². The normalized spacial score (nSPS) is 15.0. The van der Waals surface area contributed by atoms with Crippen molar-refractivity contribution in [2.45, 2.75) is 0 Å². The summed E-state index contributed by atoms with van der Waals surface area (Å²) in [6.45, 7) is -0.796. The number of urea groups is 1. The van der Waals surface area contributed by atoms with Crippen molar-refractivity contribution in [3.05, 3.63) is 29.5 Å². The lowest BCUT2D eigenvalue weighted by molar-refractivity contribution is -0.143. The van der Waals surface area contributed by atoms with Crippen LogP contribution in [0.1, 0.15) is 5.56 Å². The first-order valence-electron chi connectivity index (χ1n) is 7.36. The molecule has 26 heavy (non-hydrogen) atoms. The molecular weight excluding hydrogens is 346 g/mol. The predicted molar refractivity (Wildman–Crippen MR) is 87.9 cm³/mol. The van der Waals surface area contributed by atoms with Crippen LogP contribution in [0.25, 0.3) is 6.08 Å². The van der Waals surface area contributed by atoms with Crippen LogP contribution in [-0.2, 0) is 19.1 Å². The molecule has 1 aliphatic heterocycles. The zero-order valence-corrected chi connectivity index (χ0v) is 14.1. The van der Waals surface area contributed by atoms with Crippen LogP contribution in [0.3, 0.4) is 0 Å². The highest BCUT2D eigenvalue weighted by molar-refractivity contribution is 6.15. The van der Waals surface area contributed by atoms with E-state index in [1.807, 2.05) is 0 Å². The number of benzene rings is 1. The average molecular weight is 363 g/mol. The topological polar surface area (TPSA) is 137 Å². The van der Waals surface area contributed by atoms with Crippen LogP contribution < -0.4 is 20.5 Å². The van der Waals surface area contributed by atoms with Crippen molar-refractivity contribution in [1.82, 2.24) is 10.2 Å². The number of nitrogens with zero attached hydrogens (tertiary/aromatic N) is 1. The fourth-order valence-corrected chi connectivity index (χ4v) is 2.12. The molecule has 1 heterocycles. The van der Waals surface area contributed by atoms with Crippen molar-refractivity contribution >= 4 is 29.9 Å². The third-order valence-corrected chi connectivity index (χ3v) is 3.35. The maximum atomic E-state index is 12.2. The Labute approximate surface area is 148 Å². The van der Waals surface area contributed by atoms with Gasteiger partial charge >= 0.3 is 12.0 Å². The molecule has 0 aliphatic carbocycles. The highest BCUT2D eigenvalue weighted by Gasteiger charge is 2.35. The molecule has 10 nitrogen and oxygen atoms in total. The lowest BCUT2D eigenvalue weighted by atomic mass is 10.1. The third-order valence-electron chi connectivity index (χ3n) is 3.35. The van der Waals surface area contributed by atoms with E-state index < -0.39 is 30.4 Å². The second kappa shape index (κ2) is 8.01. The van der Waals surface area contributed by atoms with Crippen LogP contribution in [0.4, 0.5) is 4.79 Å². The van der Waals surface area contributed by atoms with Crippen molar-refractivity contribution in [1.29, 1.82) is 0 Å².